The van der Waals surface area contributed by atoms with E-state index in [0.29, 0.717) is 34.9 Å². The first-order valence-corrected chi connectivity index (χ1v) is 39.8. The zero-order valence-corrected chi connectivity index (χ0v) is 63.8. The molecule has 0 aliphatic heterocycles. The lowest BCUT2D eigenvalue weighted by Crippen LogP contribution is -2.00. The number of para-hydroxylation sites is 3. The van der Waals surface area contributed by atoms with Crippen LogP contribution in [0.1, 0.15) is 0 Å². The Kier molecular flexibility index (Phi) is 16.3. The summed E-state index contributed by atoms with van der Waals surface area (Å²) in [5.74, 6) is 3.70. The highest BCUT2D eigenvalue weighted by Crippen LogP contribution is 2.46. The van der Waals surface area contributed by atoms with E-state index in [1.165, 1.54) is 32.3 Å². The summed E-state index contributed by atoms with van der Waals surface area (Å²) in [4.78, 5) is 40.3. The Morgan fingerprint density at radius 3 is 0.840 bits per heavy atom. The fraction of sp³-hybridized carbons (Fsp3) is 0. The van der Waals surface area contributed by atoms with Crippen LogP contribution in [0.4, 0.5) is 0 Å². The molecule has 0 amide bonds. The molecule has 0 bridgehead atoms. The van der Waals surface area contributed by atoms with E-state index in [9.17, 15) is 0 Å². The third-order valence-electron chi connectivity index (χ3n) is 22.9. The van der Waals surface area contributed by atoms with Gasteiger partial charge in [0.1, 0.15) is 33.7 Å². The minimum Gasteiger partial charge on any atom is -0.456 e. The van der Waals surface area contributed by atoms with Gasteiger partial charge < -0.3 is 13.3 Å². The second-order valence-corrected chi connectivity index (χ2v) is 29.9. The highest BCUT2D eigenvalue weighted by atomic mass is 16.3. The van der Waals surface area contributed by atoms with E-state index in [1.807, 2.05) is 164 Å². The second-order valence-electron chi connectivity index (χ2n) is 29.9. The van der Waals surface area contributed by atoms with Crippen molar-refractivity contribution in [3.05, 3.63) is 388 Å². The normalized spacial score (nSPS) is 11.7. The van der Waals surface area contributed by atoms with Crippen LogP contribution in [0.15, 0.2) is 401 Å². The van der Waals surface area contributed by atoms with E-state index in [2.05, 4.69) is 224 Å². The zero-order chi connectivity index (χ0) is 78.4. The molecule has 7 heterocycles. The molecule has 0 saturated carbocycles. The molecule has 7 aromatic heterocycles. The monoisotopic (exact) mass is 1520 g/mol. The molecule has 0 atom stereocenters. The van der Waals surface area contributed by atoms with Gasteiger partial charge in [-0.05, 0) is 108 Å². The van der Waals surface area contributed by atoms with Crippen molar-refractivity contribution >= 4 is 120 Å². The summed E-state index contributed by atoms with van der Waals surface area (Å²) in [6.07, 6.45) is 0. The van der Waals surface area contributed by atoms with Gasteiger partial charge >= 0.3 is 0 Å². The number of nitrogens with zero attached hydrogens (tertiary/aromatic N) is 8. The number of hydrogen-bond acceptors (Lipinski definition) is 11. The maximum atomic E-state index is 6.63. The molecular weight excluding hydrogens is 1460 g/mol. The van der Waals surface area contributed by atoms with Crippen molar-refractivity contribution in [3.63, 3.8) is 0 Å². The number of furan rings is 3. The first-order chi connectivity index (χ1) is 58.9. The summed E-state index contributed by atoms with van der Waals surface area (Å²) >= 11 is 0. The quantitative estimate of drug-likeness (QED) is 0.114. The zero-order valence-electron chi connectivity index (χ0n) is 63.8. The lowest BCUT2D eigenvalue weighted by molar-refractivity contribution is 0.668. The number of benzene rings is 17. The Morgan fingerprint density at radius 2 is 0.429 bits per heavy atom. The minimum atomic E-state index is 0.597. The molecule has 11 heteroatoms. The molecular formula is C108H64N8O3. The molecule has 24 aromatic rings. The van der Waals surface area contributed by atoms with E-state index in [4.69, 9.17) is 53.1 Å². The number of fused-ring (bicyclic) bond motifs is 19. The van der Waals surface area contributed by atoms with Gasteiger partial charge in [-0.1, -0.05) is 346 Å². The minimum absolute atomic E-state index is 0.597. The molecule has 0 fully saturated rings. The van der Waals surface area contributed by atoms with Crippen LogP contribution < -0.4 is 0 Å². The molecule has 119 heavy (non-hydrogen) atoms. The van der Waals surface area contributed by atoms with Crippen LogP contribution in [-0.4, -0.2) is 39.9 Å². The lowest BCUT2D eigenvalue weighted by Gasteiger charge is -2.13. The van der Waals surface area contributed by atoms with Gasteiger partial charge in [-0.15, -0.1) is 0 Å². The Labute approximate surface area is 681 Å². The number of pyridine rings is 2. The number of rotatable bonds is 11. The van der Waals surface area contributed by atoms with Crippen molar-refractivity contribution in [3.8, 4) is 124 Å². The highest BCUT2D eigenvalue weighted by molar-refractivity contribution is 6.27. The SMILES string of the molecule is c1ccc(-c2nc(-c3ccccc3)nc(-c3ccc(-c4nc5cc(-c6ccc(-c7cccc8oc9ccccc9c78)cc6)ccc5c5c4oc4ccccc45)cc3)n2)cc1.c1ccc(-c2nc(-c3ccccc3)nc(-c3ccc(-c4nc5cc(-c6ccc7c8ccccc8c8ccccc8c7c6)ccc5c5c4oc4ccccc45)cc3)n2)cc1. The predicted molar refractivity (Wildman–Crippen MR) is 484 cm³/mol. The fourth-order valence-corrected chi connectivity index (χ4v) is 17.1. The van der Waals surface area contributed by atoms with Gasteiger partial charge in [-0.3, -0.25) is 0 Å². The summed E-state index contributed by atoms with van der Waals surface area (Å²) in [5.41, 5.74) is 22.4. The first kappa shape index (κ1) is 68.4. The summed E-state index contributed by atoms with van der Waals surface area (Å²) in [6.45, 7) is 0. The Bertz CT molecular complexity index is 7990. The van der Waals surface area contributed by atoms with E-state index in [-0.39, 0.29) is 0 Å². The lowest BCUT2D eigenvalue weighted by atomic mass is 9.92. The van der Waals surface area contributed by atoms with Crippen LogP contribution in [0.25, 0.3) is 244 Å². The smallest absolute Gasteiger partial charge is 0.164 e. The Morgan fingerprint density at radius 1 is 0.151 bits per heavy atom. The summed E-state index contributed by atoms with van der Waals surface area (Å²) in [5, 5.41) is 16.1. The summed E-state index contributed by atoms with van der Waals surface area (Å²) in [6, 6.07) is 134. The summed E-state index contributed by atoms with van der Waals surface area (Å²) < 4.78 is 19.4. The van der Waals surface area contributed by atoms with Crippen molar-refractivity contribution in [1.82, 2.24) is 39.9 Å². The van der Waals surface area contributed by atoms with Crippen molar-refractivity contribution in [2.75, 3.05) is 0 Å². The summed E-state index contributed by atoms with van der Waals surface area (Å²) in [7, 11) is 0. The van der Waals surface area contributed by atoms with Crippen LogP contribution in [-0.2, 0) is 0 Å². The largest absolute Gasteiger partial charge is 0.456 e. The molecule has 0 radical (unpaired) electrons. The van der Waals surface area contributed by atoms with E-state index >= 15 is 0 Å². The molecule has 0 aliphatic rings. The van der Waals surface area contributed by atoms with Crippen molar-refractivity contribution in [1.29, 1.82) is 0 Å². The second kappa shape index (κ2) is 28.4. The van der Waals surface area contributed by atoms with Gasteiger partial charge in [0.15, 0.2) is 46.1 Å². The fourth-order valence-electron chi connectivity index (χ4n) is 17.1. The van der Waals surface area contributed by atoms with Crippen LogP contribution in [0.2, 0.25) is 0 Å². The van der Waals surface area contributed by atoms with Crippen molar-refractivity contribution < 1.29 is 13.3 Å². The Hall–Kier alpha value is -16.2. The van der Waals surface area contributed by atoms with Gasteiger partial charge in [0.25, 0.3) is 0 Å². The highest BCUT2D eigenvalue weighted by Gasteiger charge is 2.24. The maximum Gasteiger partial charge on any atom is 0.164 e. The molecule has 0 saturated heterocycles. The standard InChI is InChI=1S/C54H32N4O2.C54H32N4O/c1-3-12-36(13-4-1)52-56-53(37-14-5-2-6-15-37)58-54(57-52)38-28-26-35(27-29-38)50-51-49(43-17-8-10-20-46(43)60-51)41-31-30-39(32-44(41)55-50)33-22-24-34(25-23-33)40-18-11-21-47-48(40)42-16-7-9-19-45(42)59-47;1-3-13-34(14-4-1)52-56-53(35-15-5-2-6-16-35)58-54(57-52)36-25-23-33(24-26-36)50-51-49(45-21-11-12-22-48(45)59-51)44-30-28-38(32-47(44)55-50)37-27-29-43-41-19-8-7-17-39(41)40-18-9-10-20-42(40)46(43)31-37/h1-32H;1-32H. The molecule has 0 aliphatic carbocycles. The van der Waals surface area contributed by atoms with Crippen LogP contribution in [0.5, 0.6) is 0 Å². The van der Waals surface area contributed by atoms with Crippen molar-refractivity contribution in [2.45, 2.75) is 0 Å². The van der Waals surface area contributed by atoms with E-state index in [1.54, 1.807) is 0 Å². The molecule has 11 nitrogen and oxygen atoms in total. The van der Waals surface area contributed by atoms with Crippen LogP contribution >= 0.6 is 0 Å². The first-order valence-electron chi connectivity index (χ1n) is 39.8. The third-order valence-corrected chi connectivity index (χ3v) is 22.9. The van der Waals surface area contributed by atoms with E-state index in [0.717, 1.165) is 177 Å². The topological polar surface area (TPSA) is 143 Å². The molecule has 24 rings (SSSR count). The molecule has 0 N–H and O–H groups in total. The van der Waals surface area contributed by atoms with Crippen molar-refractivity contribution in [2.24, 2.45) is 0 Å². The van der Waals surface area contributed by atoms with Gasteiger partial charge in [0.2, 0.25) is 0 Å². The molecule has 554 valence electrons. The average Bonchev–Trinajstić information content (AvgIpc) is 1.71. The van der Waals surface area contributed by atoms with E-state index < -0.39 is 0 Å². The molecule has 17 aromatic carbocycles. The molecule has 0 unspecified atom stereocenters. The third kappa shape index (κ3) is 12.1. The van der Waals surface area contributed by atoms with Crippen LogP contribution in [0.3, 0.4) is 0 Å². The Balaban J connectivity index is 0.000000139. The maximum absolute atomic E-state index is 6.63. The van der Waals surface area contributed by atoms with Gasteiger partial charge in [-0.2, -0.15) is 0 Å². The van der Waals surface area contributed by atoms with Crippen LogP contribution in [0, 0.1) is 0 Å². The number of aromatic nitrogens is 8. The van der Waals surface area contributed by atoms with Gasteiger partial charge in [0, 0.05) is 87.6 Å². The van der Waals surface area contributed by atoms with Gasteiger partial charge in [0.05, 0.1) is 11.0 Å². The molecule has 0 spiro atoms. The van der Waals surface area contributed by atoms with Gasteiger partial charge in [-0.25, -0.2) is 39.9 Å². The number of hydrogen-bond donors (Lipinski definition) is 0. The average molecular weight is 1520 g/mol. The predicted octanol–water partition coefficient (Wildman–Crippen LogP) is 28.3.